The van der Waals surface area contributed by atoms with Crippen LogP contribution in [-0.2, 0) is 26.2 Å². The van der Waals surface area contributed by atoms with Crippen molar-refractivity contribution in [2.45, 2.75) is 38.5 Å². The molecule has 4 nitrogen and oxygen atoms in total. The summed E-state index contributed by atoms with van der Waals surface area (Å²) < 4.78 is 10.8. The number of fused-ring (bicyclic) bond motifs is 1. The SMILES string of the molecule is CCOC(=O)CCc1cc(Cl)cc2c1OCCC2(C)C(=O)CBr. The Kier molecular flexibility index (Phi) is 6.09. The first kappa shape index (κ1) is 18.3. The lowest BCUT2D eigenvalue weighted by Crippen LogP contribution is -2.39. The molecular weight excluding hydrogens is 384 g/mol. The molecule has 0 radical (unpaired) electrons. The summed E-state index contributed by atoms with van der Waals surface area (Å²) in [6.45, 7) is 4.53. The molecule has 0 fully saturated rings. The van der Waals surface area contributed by atoms with Gasteiger partial charge in [0.05, 0.1) is 24.0 Å². The molecule has 0 saturated carbocycles. The molecule has 0 aliphatic carbocycles. The number of ether oxygens (including phenoxy) is 2. The number of Topliss-reactive ketones (excluding diaryl/α,β-unsaturated/α-hetero) is 1. The average Bonchev–Trinajstić information content (AvgIpc) is 2.53. The van der Waals surface area contributed by atoms with Gasteiger partial charge >= 0.3 is 5.97 Å². The van der Waals surface area contributed by atoms with Crippen LogP contribution in [0.25, 0.3) is 0 Å². The Hall–Kier alpha value is -1.07. The topological polar surface area (TPSA) is 52.6 Å². The maximum Gasteiger partial charge on any atom is 0.306 e. The summed E-state index contributed by atoms with van der Waals surface area (Å²) in [6.07, 6.45) is 1.34. The Labute approximate surface area is 149 Å². The van der Waals surface area contributed by atoms with Crippen molar-refractivity contribution < 1.29 is 19.1 Å². The molecule has 1 aliphatic heterocycles. The molecule has 0 aromatic heterocycles. The summed E-state index contributed by atoms with van der Waals surface area (Å²) in [5, 5.41) is 0.829. The fraction of sp³-hybridized carbons (Fsp3) is 0.529. The molecule has 23 heavy (non-hydrogen) atoms. The van der Waals surface area contributed by atoms with Crippen LogP contribution < -0.4 is 4.74 Å². The Morgan fingerprint density at radius 1 is 1.43 bits per heavy atom. The summed E-state index contributed by atoms with van der Waals surface area (Å²) in [6, 6.07) is 3.59. The van der Waals surface area contributed by atoms with Crippen molar-refractivity contribution in [2.24, 2.45) is 0 Å². The fourth-order valence-corrected chi connectivity index (χ4v) is 3.67. The van der Waals surface area contributed by atoms with E-state index in [0.29, 0.717) is 36.8 Å². The van der Waals surface area contributed by atoms with Gasteiger partial charge in [-0.05, 0) is 44.4 Å². The number of carbonyl (C=O) groups excluding carboxylic acids is 2. The van der Waals surface area contributed by atoms with Crippen LogP contribution in [0.15, 0.2) is 12.1 Å². The van der Waals surface area contributed by atoms with Gasteiger partial charge in [-0.15, -0.1) is 0 Å². The van der Waals surface area contributed by atoms with Gasteiger partial charge in [0, 0.05) is 17.0 Å². The molecule has 0 saturated heterocycles. The predicted molar refractivity (Wildman–Crippen MR) is 92.7 cm³/mol. The number of halogens is 2. The lowest BCUT2D eigenvalue weighted by atomic mass is 9.74. The van der Waals surface area contributed by atoms with Gasteiger partial charge < -0.3 is 9.47 Å². The van der Waals surface area contributed by atoms with Gasteiger partial charge in [0.1, 0.15) is 5.75 Å². The van der Waals surface area contributed by atoms with Crippen LogP contribution in [0.4, 0.5) is 0 Å². The largest absolute Gasteiger partial charge is 0.493 e. The van der Waals surface area contributed by atoms with E-state index in [2.05, 4.69) is 15.9 Å². The van der Waals surface area contributed by atoms with Gasteiger partial charge in [-0.3, -0.25) is 9.59 Å². The number of ketones is 1. The Morgan fingerprint density at radius 3 is 2.83 bits per heavy atom. The average molecular weight is 404 g/mol. The Morgan fingerprint density at radius 2 is 2.17 bits per heavy atom. The quantitative estimate of drug-likeness (QED) is 0.535. The van der Waals surface area contributed by atoms with E-state index in [1.165, 1.54) is 0 Å². The highest BCUT2D eigenvalue weighted by Crippen LogP contribution is 2.43. The van der Waals surface area contributed by atoms with E-state index >= 15 is 0 Å². The lowest BCUT2D eigenvalue weighted by molar-refractivity contribution is -0.143. The molecule has 1 unspecified atom stereocenters. The van der Waals surface area contributed by atoms with Crippen LogP contribution in [0, 0.1) is 0 Å². The van der Waals surface area contributed by atoms with E-state index < -0.39 is 5.41 Å². The number of aryl methyl sites for hydroxylation is 1. The number of benzene rings is 1. The molecule has 0 amide bonds. The number of esters is 1. The highest BCUT2D eigenvalue weighted by atomic mass is 79.9. The fourth-order valence-electron chi connectivity index (χ4n) is 2.81. The zero-order valence-corrected chi connectivity index (χ0v) is 15.6. The van der Waals surface area contributed by atoms with Crippen molar-refractivity contribution in [1.82, 2.24) is 0 Å². The molecule has 1 heterocycles. The number of hydrogen-bond donors (Lipinski definition) is 0. The number of hydrogen-bond acceptors (Lipinski definition) is 4. The van der Waals surface area contributed by atoms with Crippen molar-refractivity contribution in [3.63, 3.8) is 0 Å². The zero-order valence-electron chi connectivity index (χ0n) is 13.3. The molecule has 1 aliphatic rings. The first-order valence-electron chi connectivity index (χ1n) is 7.63. The maximum atomic E-state index is 12.4. The minimum atomic E-state index is -0.624. The van der Waals surface area contributed by atoms with Crippen molar-refractivity contribution in [3.05, 3.63) is 28.3 Å². The van der Waals surface area contributed by atoms with Crippen LogP contribution in [0.3, 0.4) is 0 Å². The van der Waals surface area contributed by atoms with Crippen molar-refractivity contribution >= 4 is 39.3 Å². The minimum Gasteiger partial charge on any atom is -0.493 e. The van der Waals surface area contributed by atoms with E-state index in [1.54, 1.807) is 19.1 Å². The van der Waals surface area contributed by atoms with Crippen molar-refractivity contribution in [2.75, 3.05) is 18.5 Å². The minimum absolute atomic E-state index is 0.0978. The van der Waals surface area contributed by atoms with E-state index in [-0.39, 0.29) is 23.5 Å². The summed E-state index contributed by atoms with van der Waals surface area (Å²) in [5.74, 6) is 0.527. The summed E-state index contributed by atoms with van der Waals surface area (Å²) in [5.41, 5.74) is 1.02. The molecular formula is C17H20BrClO4. The van der Waals surface area contributed by atoms with Crippen LogP contribution in [0.5, 0.6) is 5.75 Å². The normalized spacial score (nSPS) is 19.7. The first-order valence-corrected chi connectivity index (χ1v) is 9.13. The second-order valence-corrected chi connectivity index (χ2v) is 6.73. The second kappa shape index (κ2) is 7.67. The van der Waals surface area contributed by atoms with Gasteiger partial charge in [0.15, 0.2) is 5.78 Å². The van der Waals surface area contributed by atoms with Gasteiger partial charge in [-0.2, -0.15) is 0 Å². The number of carbonyl (C=O) groups is 2. The van der Waals surface area contributed by atoms with E-state index in [4.69, 9.17) is 21.1 Å². The zero-order chi connectivity index (χ0) is 17.0. The number of rotatable bonds is 6. The van der Waals surface area contributed by atoms with Crippen LogP contribution in [0.2, 0.25) is 5.02 Å². The summed E-state index contributed by atoms with van der Waals surface area (Å²) >= 11 is 9.50. The maximum absolute atomic E-state index is 12.4. The van der Waals surface area contributed by atoms with Gasteiger partial charge in [0.2, 0.25) is 0 Å². The summed E-state index contributed by atoms with van der Waals surface area (Å²) in [4.78, 5) is 24.0. The van der Waals surface area contributed by atoms with E-state index in [0.717, 1.165) is 11.1 Å². The molecule has 6 heteroatoms. The van der Waals surface area contributed by atoms with Crippen molar-refractivity contribution in [3.8, 4) is 5.75 Å². The Bertz CT molecular complexity index is 617. The highest BCUT2D eigenvalue weighted by Gasteiger charge is 2.40. The molecule has 126 valence electrons. The molecule has 1 aromatic rings. The van der Waals surface area contributed by atoms with Crippen LogP contribution >= 0.6 is 27.5 Å². The predicted octanol–water partition coefficient (Wildman–Crippen LogP) is 3.84. The van der Waals surface area contributed by atoms with Gasteiger partial charge in [-0.25, -0.2) is 0 Å². The standard InChI is InChI=1S/C17H20BrClO4/c1-3-22-15(21)5-4-11-8-12(19)9-13-16(11)23-7-6-17(13,2)14(20)10-18/h8-9H,3-7,10H2,1-2H3. The molecule has 0 spiro atoms. The number of alkyl halides is 1. The molecule has 0 bridgehead atoms. The Balaban J connectivity index is 2.36. The van der Waals surface area contributed by atoms with Crippen LogP contribution in [-0.4, -0.2) is 30.3 Å². The molecule has 1 atom stereocenters. The third-order valence-corrected chi connectivity index (χ3v) is 4.94. The smallest absolute Gasteiger partial charge is 0.306 e. The third kappa shape index (κ3) is 3.89. The summed E-state index contributed by atoms with van der Waals surface area (Å²) in [7, 11) is 0. The van der Waals surface area contributed by atoms with Crippen LogP contribution in [0.1, 0.15) is 37.8 Å². The highest BCUT2D eigenvalue weighted by molar-refractivity contribution is 9.09. The third-order valence-electron chi connectivity index (χ3n) is 4.21. The van der Waals surface area contributed by atoms with E-state index in [1.807, 2.05) is 6.92 Å². The van der Waals surface area contributed by atoms with Gasteiger partial charge in [-0.1, -0.05) is 27.5 Å². The first-order chi connectivity index (χ1) is 10.9. The second-order valence-electron chi connectivity index (χ2n) is 5.73. The van der Waals surface area contributed by atoms with Gasteiger partial charge in [0.25, 0.3) is 0 Å². The van der Waals surface area contributed by atoms with Crippen molar-refractivity contribution in [1.29, 1.82) is 0 Å². The molecule has 0 N–H and O–H groups in total. The molecule has 1 aromatic carbocycles. The lowest BCUT2D eigenvalue weighted by Gasteiger charge is -2.35. The monoisotopic (exact) mass is 402 g/mol. The van der Waals surface area contributed by atoms with E-state index in [9.17, 15) is 9.59 Å². The molecule has 2 rings (SSSR count).